The Morgan fingerprint density at radius 1 is 1.32 bits per heavy atom. The monoisotopic (exact) mass is 285 g/mol. The lowest BCUT2D eigenvalue weighted by molar-refractivity contribution is -0.137. The van der Waals surface area contributed by atoms with E-state index in [1.165, 1.54) is 7.05 Å². The van der Waals surface area contributed by atoms with Gasteiger partial charge >= 0.3 is 0 Å². The molecule has 0 radical (unpaired) electrons. The summed E-state index contributed by atoms with van der Waals surface area (Å²) >= 11 is 0. The average molecular weight is 285 g/mol. The van der Waals surface area contributed by atoms with Crippen molar-refractivity contribution in [3.8, 4) is 0 Å². The number of aromatic nitrogens is 1. The molecule has 0 aromatic carbocycles. The molecule has 1 fully saturated rings. The van der Waals surface area contributed by atoms with Crippen molar-refractivity contribution in [2.24, 2.45) is 0 Å². The molecule has 2 N–H and O–H groups in total. The van der Waals surface area contributed by atoms with Crippen LogP contribution < -0.4 is 10.3 Å². The molecule has 2 rings (SSSR count). The molecular weight excluding hydrogens is 274 g/mol. The van der Waals surface area contributed by atoms with E-state index in [4.69, 9.17) is 0 Å². The van der Waals surface area contributed by atoms with Crippen molar-refractivity contribution >= 4 is 21.8 Å². The number of pyridine rings is 1. The highest BCUT2D eigenvalue weighted by Gasteiger charge is 2.38. The van der Waals surface area contributed by atoms with Gasteiger partial charge in [0, 0.05) is 19.3 Å². The second-order valence-corrected chi connectivity index (χ2v) is 5.77. The molecule has 0 spiro atoms. The Morgan fingerprint density at radius 3 is 2.47 bits per heavy atom. The second kappa shape index (κ2) is 4.59. The molecule has 0 bridgehead atoms. The number of aromatic amines is 1. The summed E-state index contributed by atoms with van der Waals surface area (Å²) < 4.78 is 26.0. The summed E-state index contributed by atoms with van der Waals surface area (Å²) in [5, 5.41) is 0. The van der Waals surface area contributed by atoms with Gasteiger partial charge in [0.2, 0.25) is 27.4 Å². The van der Waals surface area contributed by atoms with Crippen LogP contribution in [-0.2, 0) is 19.6 Å². The summed E-state index contributed by atoms with van der Waals surface area (Å²) in [7, 11) is -2.67. The Balaban J connectivity index is 2.23. The number of imide groups is 1. The van der Waals surface area contributed by atoms with Crippen molar-refractivity contribution in [2.45, 2.75) is 17.4 Å². The number of H-pyrrole nitrogens is 1. The number of rotatable bonds is 3. The number of nitrogens with zero attached hydrogens (tertiary/aromatic N) is 1. The lowest BCUT2D eigenvalue weighted by Gasteiger charge is -2.11. The molecule has 1 aliphatic rings. The Labute approximate surface area is 108 Å². The normalized spacial score (nSPS) is 20.1. The van der Waals surface area contributed by atoms with Gasteiger partial charge in [-0.3, -0.25) is 19.3 Å². The van der Waals surface area contributed by atoms with Gasteiger partial charge in [0.25, 0.3) is 0 Å². The van der Waals surface area contributed by atoms with Crippen molar-refractivity contribution < 1.29 is 18.0 Å². The van der Waals surface area contributed by atoms with Crippen molar-refractivity contribution in [3.05, 3.63) is 28.7 Å². The maximum Gasteiger partial charge on any atom is 0.247 e. The first-order valence-electron chi connectivity index (χ1n) is 5.33. The van der Waals surface area contributed by atoms with Crippen LogP contribution in [0.15, 0.2) is 28.0 Å². The maximum atomic E-state index is 11.9. The van der Waals surface area contributed by atoms with Gasteiger partial charge in [-0.05, 0) is 6.07 Å². The first-order chi connectivity index (χ1) is 8.81. The molecule has 19 heavy (non-hydrogen) atoms. The number of nitrogens with one attached hydrogen (secondary N) is 2. The average Bonchev–Trinajstić information content (AvgIpc) is 2.57. The Bertz CT molecular complexity index is 673. The molecule has 1 saturated heterocycles. The molecule has 2 amide bonds. The molecule has 2 heterocycles. The van der Waals surface area contributed by atoms with E-state index < -0.39 is 33.4 Å². The lowest BCUT2D eigenvalue weighted by Crippen LogP contribution is -2.40. The molecule has 0 aliphatic carbocycles. The van der Waals surface area contributed by atoms with Gasteiger partial charge < -0.3 is 4.98 Å². The molecule has 1 aromatic heterocycles. The number of carbonyl (C=O) groups is 2. The molecule has 1 atom stereocenters. The van der Waals surface area contributed by atoms with Gasteiger partial charge in [-0.1, -0.05) is 0 Å². The van der Waals surface area contributed by atoms with E-state index >= 15 is 0 Å². The van der Waals surface area contributed by atoms with E-state index in [9.17, 15) is 22.8 Å². The molecule has 1 aliphatic heterocycles. The van der Waals surface area contributed by atoms with E-state index in [0.29, 0.717) is 0 Å². The first-order valence-corrected chi connectivity index (χ1v) is 6.81. The number of amides is 2. The highest BCUT2D eigenvalue weighted by Crippen LogP contribution is 2.14. The van der Waals surface area contributed by atoms with Crippen LogP contribution in [0.5, 0.6) is 0 Å². The van der Waals surface area contributed by atoms with Crippen LogP contribution in [0.2, 0.25) is 0 Å². The van der Waals surface area contributed by atoms with Crippen LogP contribution in [0.3, 0.4) is 0 Å². The molecule has 1 unspecified atom stereocenters. The third kappa shape index (κ3) is 2.56. The topological polar surface area (TPSA) is 116 Å². The molecule has 0 saturated carbocycles. The third-order valence-electron chi connectivity index (χ3n) is 2.74. The van der Waals surface area contributed by atoms with Gasteiger partial charge in [0.15, 0.2) is 0 Å². The van der Waals surface area contributed by atoms with Crippen molar-refractivity contribution in [3.63, 3.8) is 0 Å². The fourth-order valence-corrected chi connectivity index (χ4v) is 2.82. The van der Waals surface area contributed by atoms with Crippen LogP contribution in [0.25, 0.3) is 0 Å². The maximum absolute atomic E-state index is 11.9. The summed E-state index contributed by atoms with van der Waals surface area (Å²) in [5.41, 5.74) is -0.439. The van der Waals surface area contributed by atoms with Crippen LogP contribution in [-0.4, -0.2) is 43.2 Å². The predicted octanol–water partition coefficient (Wildman–Crippen LogP) is -1.59. The number of likely N-dealkylation sites (tertiary alicyclic amines) is 1. The van der Waals surface area contributed by atoms with Gasteiger partial charge in [0.1, 0.15) is 6.04 Å². The number of likely N-dealkylation sites (N-methyl/N-ethyl adjacent to an activating group) is 1. The van der Waals surface area contributed by atoms with E-state index in [1.807, 2.05) is 0 Å². The Hall–Kier alpha value is -2.00. The van der Waals surface area contributed by atoms with Crippen LogP contribution in [0, 0.1) is 0 Å². The predicted molar refractivity (Wildman–Crippen MR) is 63.6 cm³/mol. The third-order valence-corrected chi connectivity index (χ3v) is 4.21. The second-order valence-electron chi connectivity index (χ2n) is 4.06. The van der Waals surface area contributed by atoms with E-state index in [1.54, 1.807) is 0 Å². The number of carbonyl (C=O) groups excluding carboxylic acids is 2. The summed E-state index contributed by atoms with van der Waals surface area (Å²) in [4.78, 5) is 36.7. The zero-order chi connectivity index (χ0) is 14.2. The highest BCUT2D eigenvalue weighted by molar-refractivity contribution is 7.89. The first kappa shape index (κ1) is 13.4. The van der Waals surface area contributed by atoms with Gasteiger partial charge in [-0.2, -0.15) is 4.72 Å². The minimum Gasteiger partial charge on any atom is -0.328 e. The fraction of sp³-hybridized carbons (Fsp3) is 0.300. The van der Waals surface area contributed by atoms with Crippen molar-refractivity contribution in [2.75, 3.05) is 7.05 Å². The Morgan fingerprint density at radius 2 is 2.00 bits per heavy atom. The summed E-state index contributed by atoms with van der Waals surface area (Å²) in [6, 6.07) is 1.07. The molecular formula is C10H11N3O5S. The van der Waals surface area contributed by atoms with E-state index in [2.05, 4.69) is 9.71 Å². The molecule has 8 nitrogen and oxygen atoms in total. The number of hydrogen-bond donors (Lipinski definition) is 2. The molecule has 1 aromatic rings. The number of sulfonamides is 1. The standard InChI is InChI=1S/C10H11N3O5S/c1-13-9(15)4-7(10(13)16)12-19(17,18)6-2-3-8(14)11-5-6/h2-3,5,7,12H,4H2,1H3,(H,11,14). The SMILES string of the molecule is CN1C(=O)CC(NS(=O)(=O)c2ccc(=O)[nH]c2)C1=O. The summed E-state index contributed by atoms with van der Waals surface area (Å²) in [5.74, 6) is -1.04. The zero-order valence-corrected chi connectivity index (χ0v) is 10.7. The van der Waals surface area contributed by atoms with Crippen LogP contribution in [0.4, 0.5) is 0 Å². The molecule has 102 valence electrons. The number of hydrogen-bond acceptors (Lipinski definition) is 5. The highest BCUT2D eigenvalue weighted by atomic mass is 32.2. The lowest BCUT2D eigenvalue weighted by atomic mass is 10.3. The van der Waals surface area contributed by atoms with Crippen molar-refractivity contribution in [1.82, 2.24) is 14.6 Å². The zero-order valence-electron chi connectivity index (χ0n) is 9.91. The quantitative estimate of drug-likeness (QED) is 0.649. The largest absolute Gasteiger partial charge is 0.328 e. The Kier molecular flexibility index (Phi) is 3.25. The fourth-order valence-electron chi connectivity index (χ4n) is 1.67. The van der Waals surface area contributed by atoms with Crippen LogP contribution in [0.1, 0.15) is 6.42 Å². The van der Waals surface area contributed by atoms with Gasteiger partial charge in [-0.25, -0.2) is 8.42 Å². The minimum atomic E-state index is -3.96. The van der Waals surface area contributed by atoms with Gasteiger partial charge in [-0.15, -0.1) is 0 Å². The minimum absolute atomic E-state index is 0.179. The smallest absolute Gasteiger partial charge is 0.247 e. The van der Waals surface area contributed by atoms with Crippen molar-refractivity contribution in [1.29, 1.82) is 0 Å². The summed E-state index contributed by atoms with van der Waals surface area (Å²) in [6.45, 7) is 0. The summed E-state index contributed by atoms with van der Waals surface area (Å²) in [6.07, 6.45) is 0.813. The van der Waals surface area contributed by atoms with E-state index in [0.717, 1.165) is 23.2 Å². The van der Waals surface area contributed by atoms with E-state index in [-0.39, 0.29) is 11.3 Å². The molecule has 9 heteroatoms. The van der Waals surface area contributed by atoms with Gasteiger partial charge in [0.05, 0.1) is 11.3 Å². The van der Waals surface area contributed by atoms with Crippen LogP contribution >= 0.6 is 0 Å².